The summed E-state index contributed by atoms with van der Waals surface area (Å²) >= 11 is 1.68. The van der Waals surface area contributed by atoms with E-state index in [-0.39, 0.29) is 21.8 Å². The van der Waals surface area contributed by atoms with Gasteiger partial charge in [0.15, 0.2) is 0 Å². The largest absolute Gasteiger partial charge is 0.326 e. The molecule has 2 rings (SSSR count). The summed E-state index contributed by atoms with van der Waals surface area (Å²) in [7, 11) is -3.62. The SMILES string of the molecule is CSC1(CNS(=O)(=O)c2cc(C)c(F)c(CN)c2)CC1. The van der Waals surface area contributed by atoms with Crippen LogP contribution in [0, 0.1) is 12.7 Å². The molecule has 1 aliphatic carbocycles. The molecule has 0 heterocycles. The summed E-state index contributed by atoms with van der Waals surface area (Å²) in [6, 6.07) is 2.65. The van der Waals surface area contributed by atoms with Crippen LogP contribution in [-0.4, -0.2) is 26.0 Å². The predicted molar refractivity (Wildman–Crippen MR) is 79.7 cm³/mol. The summed E-state index contributed by atoms with van der Waals surface area (Å²) in [5, 5.41) is 0. The Morgan fingerprint density at radius 1 is 1.45 bits per heavy atom. The van der Waals surface area contributed by atoms with E-state index in [9.17, 15) is 12.8 Å². The Balaban J connectivity index is 2.23. The Hall–Kier alpha value is -0.630. The number of aryl methyl sites for hydroxylation is 1. The quantitative estimate of drug-likeness (QED) is 0.838. The van der Waals surface area contributed by atoms with Crippen LogP contribution in [0.25, 0.3) is 0 Å². The molecule has 0 unspecified atom stereocenters. The number of hydrogen-bond acceptors (Lipinski definition) is 4. The molecule has 0 bridgehead atoms. The molecule has 0 spiro atoms. The Morgan fingerprint density at radius 3 is 2.60 bits per heavy atom. The first-order valence-electron chi connectivity index (χ1n) is 6.37. The Bertz CT molecular complexity index is 613. The van der Waals surface area contributed by atoms with Gasteiger partial charge in [0.1, 0.15) is 5.82 Å². The van der Waals surface area contributed by atoms with Crippen molar-refractivity contribution in [3.8, 4) is 0 Å². The van der Waals surface area contributed by atoms with E-state index in [0.29, 0.717) is 12.1 Å². The lowest BCUT2D eigenvalue weighted by Gasteiger charge is -2.14. The minimum absolute atomic E-state index is 0.0230. The second kappa shape index (κ2) is 5.63. The molecule has 0 radical (unpaired) electrons. The molecule has 0 atom stereocenters. The van der Waals surface area contributed by atoms with Crippen LogP contribution in [0.15, 0.2) is 17.0 Å². The molecule has 1 aromatic carbocycles. The first-order valence-corrected chi connectivity index (χ1v) is 9.08. The lowest BCUT2D eigenvalue weighted by atomic mass is 10.1. The van der Waals surface area contributed by atoms with Crippen molar-refractivity contribution in [3.63, 3.8) is 0 Å². The average molecular weight is 318 g/mol. The molecule has 1 fully saturated rings. The Labute approximate surface area is 123 Å². The number of hydrogen-bond donors (Lipinski definition) is 2. The summed E-state index contributed by atoms with van der Waals surface area (Å²) < 4.78 is 40.9. The third-order valence-corrected chi connectivity index (χ3v) is 6.46. The highest BCUT2D eigenvalue weighted by atomic mass is 32.2. The van der Waals surface area contributed by atoms with Gasteiger partial charge in [-0.05, 0) is 43.7 Å². The second-order valence-corrected chi connectivity index (χ2v) is 8.17. The molecule has 1 saturated carbocycles. The van der Waals surface area contributed by atoms with Crippen molar-refractivity contribution < 1.29 is 12.8 Å². The number of thioether (sulfide) groups is 1. The summed E-state index contributed by atoms with van der Waals surface area (Å²) in [6.45, 7) is 1.92. The van der Waals surface area contributed by atoms with E-state index in [1.54, 1.807) is 11.8 Å². The molecule has 4 nitrogen and oxygen atoms in total. The summed E-state index contributed by atoms with van der Waals surface area (Å²) in [5.74, 6) is -0.436. The van der Waals surface area contributed by atoms with Crippen LogP contribution in [0.4, 0.5) is 4.39 Å². The van der Waals surface area contributed by atoms with Crippen LogP contribution < -0.4 is 10.5 Å². The highest BCUT2D eigenvalue weighted by Crippen LogP contribution is 2.46. The van der Waals surface area contributed by atoms with E-state index in [1.807, 2.05) is 6.26 Å². The molecule has 3 N–H and O–H groups in total. The maximum absolute atomic E-state index is 13.7. The van der Waals surface area contributed by atoms with E-state index in [0.717, 1.165) is 12.8 Å². The van der Waals surface area contributed by atoms with Crippen molar-refractivity contribution in [1.29, 1.82) is 0 Å². The summed E-state index contributed by atoms with van der Waals surface area (Å²) in [6.07, 6.45) is 4.02. The fourth-order valence-corrected chi connectivity index (χ4v) is 4.09. The molecule has 0 aliphatic heterocycles. The number of halogens is 1. The Kier molecular flexibility index (Phi) is 4.44. The van der Waals surface area contributed by atoms with Gasteiger partial charge in [-0.2, -0.15) is 11.8 Å². The number of benzene rings is 1. The van der Waals surface area contributed by atoms with E-state index < -0.39 is 15.8 Å². The third-order valence-electron chi connectivity index (χ3n) is 3.66. The number of rotatable bonds is 6. The van der Waals surface area contributed by atoms with Gasteiger partial charge in [-0.15, -0.1) is 0 Å². The average Bonchev–Trinajstić information content (AvgIpc) is 3.20. The topological polar surface area (TPSA) is 72.2 Å². The molecular weight excluding hydrogens is 299 g/mol. The van der Waals surface area contributed by atoms with Crippen molar-refractivity contribution in [1.82, 2.24) is 4.72 Å². The lowest BCUT2D eigenvalue weighted by molar-refractivity contribution is 0.576. The fraction of sp³-hybridized carbons (Fsp3) is 0.538. The molecule has 7 heteroatoms. The van der Waals surface area contributed by atoms with Gasteiger partial charge in [-0.25, -0.2) is 17.5 Å². The van der Waals surface area contributed by atoms with Gasteiger partial charge in [0.05, 0.1) is 4.90 Å². The highest BCUT2D eigenvalue weighted by Gasteiger charge is 2.42. The highest BCUT2D eigenvalue weighted by molar-refractivity contribution is 8.00. The van der Waals surface area contributed by atoms with E-state index in [1.165, 1.54) is 19.1 Å². The standard InChI is InChI=1S/C13H19FN2O2S2/c1-9-5-11(6-10(7-15)12(9)14)20(17,18)16-8-13(19-2)3-4-13/h5-6,16H,3-4,7-8,15H2,1-2H3. The summed E-state index contributed by atoms with van der Waals surface area (Å²) in [4.78, 5) is 0.0775. The zero-order valence-corrected chi connectivity index (χ0v) is 13.2. The normalized spacial score (nSPS) is 17.2. The van der Waals surface area contributed by atoms with Gasteiger partial charge < -0.3 is 5.73 Å². The maximum Gasteiger partial charge on any atom is 0.240 e. The summed E-state index contributed by atoms with van der Waals surface area (Å²) in [5.41, 5.74) is 5.96. The minimum atomic E-state index is -3.62. The van der Waals surface area contributed by atoms with Crippen molar-refractivity contribution in [3.05, 3.63) is 29.1 Å². The van der Waals surface area contributed by atoms with Crippen molar-refractivity contribution in [2.45, 2.75) is 36.0 Å². The predicted octanol–water partition coefficient (Wildman–Crippen LogP) is 1.77. The lowest BCUT2D eigenvalue weighted by Crippen LogP contribution is -2.32. The molecule has 0 aromatic heterocycles. The van der Waals surface area contributed by atoms with Crippen molar-refractivity contribution >= 4 is 21.8 Å². The first-order chi connectivity index (χ1) is 9.33. The Morgan fingerprint density at radius 2 is 2.10 bits per heavy atom. The van der Waals surface area contributed by atoms with Crippen molar-refractivity contribution in [2.24, 2.45) is 5.73 Å². The van der Waals surface area contributed by atoms with Gasteiger partial charge in [0.2, 0.25) is 10.0 Å². The van der Waals surface area contributed by atoms with Crippen LogP contribution >= 0.6 is 11.8 Å². The molecule has 1 aromatic rings. The van der Waals surface area contributed by atoms with E-state index in [2.05, 4.69) is 4.72 Å². The van der Waals surface area contributed by atoms with Crippen LogP contribution in [-0.2, 0) is 16.6 Å². The van der Waals surface area contributed by atoms with E-state index in [4.69, 9.17) is 5.73 Å². The molecule has 1 aliphatic rings. The zero-order chi connectivity index (χ0) is 15.0. The van der Waals surface area contributed by atoms with Gasteiger partial charge in [-0.3, -0.25) is 0 Å². The number of nitrogens with one attached hydrogen (secondary N) is 1. The third kappa shape index (κ3) is 3.16. The van der Waals surface area contributed by atoms with Gasteiger partial charge in [-0.1, -0.05) is 0 Å². The number of nitrogens with two attached hydrogens (primary N) is 1. The maximum atomic E-state index is 13.7. The van der Waals surface area contributed by atoms with Gasteiger partial charge in [0.25, 0.3) is 0 Å². The molecule has 0 amide bonds. The van der Waals surface area contributed by atoms with Gasteiger partial charge in [0, 0.05) is 23.4 Å². The monoisotopic (exact) mass is 318 g/mol. The second-order valence-electron chi connectivity index (χ2n) is 5.13. The van der Waals surface area contributed by atoms with Crippen LogP contribution in [0.1, 0.15) is 24.0 Å². The molecule has 20 heavy (non-hydrogen) atoms. The number of sulfonamides is 1. The molecular formula is C13H19FN2O2S2. The van der Waals surface area contributed by atoms with Crippen LogP contribution in [0.5, 0.6) is 0 Å². The van der Waals surface area contributed by atoms with E-state index >= 15 is 0 Å². The smallest absolute Gasteiger partial charge is 0.240 e. The molecule has 112 valence electrons. The van der Waals surface area contributed by atoms with Crippen LogP contribution in [0.3, 0.4) is 0 Å². The zero-order valence-electron chi connectivity index (χ0n) is 11.6. The minimum Gasteiger partial charge on any atom is -0.326 e. The van der Waals surface area contributed by atoms with Crippen molar-refractivity contribution in [2.75, 3.05) is 12.8 Å². The van der Waals surface area contributed by atoms with Crippen LogP contribution in [0.2, 0.25) is 0 Å². The molecule has 0 saturated heterocycles. The van der Waals surface area contributed by atoms with Gasteiger partial charge >= 0.3 is 0 Å². The fourth-order valence-electron chi connectivity index (χ4n) is 2.01. The first kappa shape index (κ1) is 15.8.